The maximum Gasteiger partial charge on any atom is 0.0160 e. The van der Waals surface area contributed by atoms with E-state index >= 15 is 0 Å². The summed E-state index contributed by atoms with van der Waals surface area (Å²) in [4.78, 5) is 2.47. The Morgan fingerprint density at radius 3 is 2.60 bits per heavy atom. The summed E-state index contributed by atoms with van der Waals surface area (Å²) in [5, 5.41) is 0. The second-order valence-corrected chi connectivity index (χ2v) is 4.41. The molecular weight excluding hydrogens is 184 g/mol. The minimum Gasteiger partial charge on any atom is -0.330 e. The van der Waals surface area contributed by atoms with Crippen molar-refractivity contribution in [1.82, 2.24) is 4.90 Å². The van der Waals surface area contributed by atoms with Crippen LogP contribution in [0.15, 0.2) is 12.7 Å². The van der Waals surface area contributed by atoms with Gasteiger partial charge in [-0.15, -0.1) is 6.58 Å². The maximum atomic E-state index is 5.53. The molecule has 2 nitrogen and oxygen atoms in total. The molecule has 0 spiro atoms. The first kappa shape index (κ1) is 14.7. The van der Waals surface area contributed by atoms with Gasteiger partial charge in [0.25, 0.3) is 0 Å². The molecule has 1 unspecified atom stereocenters. The largest absolute Gasteiger partial charge is 0.330 e. The van der Waals surface area contributed by atoms with Crippen molar-refractivity contribution in [3.63, 3.8) is 0 Å². The summed E-state index contributed by atoms with van der Waals surface area (Å²) < 4.78 is 0. The Balaban J connectivity index is 3.55. The van der Waals surface area contributed by atoms with E-state index in [2.05, 4.69) is 25.3 Å². The van der Waals surface area contributed by atoms with E-state index in [1.54, 1.807) is 0 Å². The van der Waals surface area contributed by atoms with Crippen molar-refractivity contribution in [2.75, 3.05) is 26.2 Å². The maximum absolute atomic E-state index is 5.53. The molecule has 0 bridgehead atoms. The van der Waals surface area contributed by atoms with Gasteiger partial charge in [0.15, 0.2) is 0 Å². The molecule has 0 aliphatic carbocycles. The van der Waals surface area contributed by atoms with Crippen LogP contribution < -0.4 is 5.73 Å². The summed E-state index contributed by atoms with van der Waals surface area (Å²) >= 11 is 0. The molecular formula is C13H28N2. The molecule has 0 radical (unpaired) electrons. The predicted octanol–water partition coefficient (Wildman–Crippen LogP) is 2.65. The lowest BCUT2D eigenvalue weighted by atomic mass is 10.0. The zero-order valence-electron chi connectivity index (χ0n) is 10.5. The van der Waals surface area contributed by atoms with Crippen LogP contribution in [0.25, 0.3) is 0 Å². The van der Waals surface area contributed by atoms with Gasteiger partial charge in [0, 0.05) is 6.54 Å². The Kier molecular flexibility index (Phi) is 9.96. The average molecular weight is 212 g/mol. The molecule has 0 aromatic heterocycles. The van der Waals surface area contributed by atoms with Crippen LogP contribution in [0.2, 0.25) is 0 Å². The first-order valence-corrected chi connectivity index (χ1v) is 6.27. The zero-order chi connectivity index (χ0) is 11.5. The molecule has 0 saturated carbocycles. The summed E-state index contributed by atoms with van der Waals surface area (Å²) in [6, 6.07) is 0. The SMILES string of the molecule is C=CCN(CCC)CCCC(C)CCN. The first-order valence-electron chi connectivity index (χ1n) is 6.27. The Hall–Kier alpha value is -0.340. The summed E-state index contributed by atoms with van der Waals surface area (Å²) in [5.41, 5.74) is 5.53. The highest BCUT2D eigenvalue weighted by Crippen LogP contribution is 2.09. The monoisotopic (exact) mass is 212 g/mol. The van der Waals surface area contributed by atoms with Crippen LogP contribution in [0, 0.1) is 5.92 Å². The molecule has 1 atom stereocenters. The number of hydrogen-bond donors (Lipinski definition) is 1. The van der Waals surface area contributed by atoms with Gasteiger partial charge in [0.1, 0.15) is 0 Å². The number of nitrogens with two attached hydrogens (primary N) is 1. The lowest BCUT2D eigenvalue weighted by molar-refractivity contribution is 0.286. The third kappa shape index (κ3) is 8.64. The molecule has 0 aromatic rings. The van der Waals surface area contributed by atoms with Crippen molar-refractivity contribution in [1.29, 1.82) is 0 Å². The Morgan fingerprint density at radius 1 is 1.33 bits per heavy atom. The minimum absolute atomic E-state index is 0.780. The molecule has 0 amide bonds. The van der Waals surface area contributed by atoms with Crippen LogP contribution in [0.1, 0.15) is 39.5 Å². The zero-order valence-corrected chi connectivity index (χ0v) is 10.5. The highest BCUT2D eigenvalue weighted by Gasteiger charge is 2.04. The fourth-order valence-corrected chi connectivity index (χ4v) is 1.89. The van der Waals surface area contributed by atoms with E-state index in [-0.39, 0.29) is 0 Å². The summed E-state index contributed by atoms with van der Waals surface area (Å²) in [6.07, 6.45) is 6.98. The van der Waals surface area contributed by atoms with Gasteiger partial charge in [-0.25, -0.2) is 0 Å². The quantitative estimate of drug-likeness (QED) is 0.564. The van der Waals surface area contributed by atoms with Crippen LogP contribution in [-0.4, -0.2) is 31.1 Å². The summed E-state index contributed by atoms with van der Waals surface area (Å²) in [7, 11) is 0. The van der Waals surface area contributed by atoms with Crippen molar-refractivity contribution < 1.29 is 0 Å². The molecule has 0 aliphatic rings. The second kappa shape index (κ2) is 10.2. The van der Waals surface area contributed by atoms with Crippen LogP contribution in [0.4, 0.5) is 0 Å². The van der Waals surface area contributed by atoms with Gasteiger partial charge in [-0.1, -0.05) is 19.9 Å². The van der Waals surface area contributed by atoms with E-state index in [4.69, 9.17) is 5.73 Å². The number of rotatable bonds is 10. The van der Waals surface area contributed by atoms with E-state index in [1.165, 1.54) is 32.4 Å². The summed E-state index contributed by atoms with van der Waals surface area (Å²) in [6.45, 7) is 12.6. The molecule has 90 valence electrons. The second-order valence-electron chi connectivity index (χ2n) is 4.41. The lowest BCUT2D eigenvalue weighted by Gasteiger charge is -2.20. The smallest absolute Gasteiger partial charge is 0.0160 e. The third-order valence-electron chi connectivity index (χ3n) is 2.76. The predicted molar refractivity (Wildman–Crippen MR) is 69.0 cm³/mol. The summed E-state index contributed by atoms with van der Waals surface area (Å²) in [5.74, 6) is 0.780. The Morgan fingerprint density at radius 2 is 2.07 bits per heavy atom. The fourth-order valence-electron chi connectivity index (χ4n) is 1.89. The van der Waals surface area contributed by atoms with Crippen molar-refractivity contribution >= 4 is 0 Å². The van der Waals surface area contributed by atoms with Crippen molar-refractivity contribution in [2.24, 2.45) is 11.7 Å². The average Bonchev–Trinajstić information content (AvgIpc) is 2.19. The van der Waals surface area contributed by atoms with Crippen molar-refractivity contribution in [3.05, 3.63) is 12.7 Å². The van der Waals surface area contributed by atoms with E-state index in [9.17, 15) is 0 Å². The van der Waals surface area contributed by atoms with E-state index in [0.29, 0.717) is 0 Å². The Labute approximate surface area is 95.5 Å². The van der Waals surface area contributed by atoms with Crippen LogP contribution in [0.5, 0.6) is 0 Å². The molecule has 0 aliphatic heterocycles. The van der Waals surface area contributed by atoms with Crippen LogP contribution in [-0.2, 0) is 0 Å². The number of nitrogens with zero attached hydrogens (tertiary/aromatic N) is 1. The van der Waals surface area contributed by atoms with Gasteiger partial charge < -0.3 is 5.73 Å². The fraction of sp³-hybridized carbons (Fsp3) is 0.846. The highest BCUT2D eigenvalue weighted by molar-refractivity contribution is 4.73. The molecule has 2 heteroatoms. The third-order valence-corrected chi connectivity index (χ3v) is 2.76. The minimum atomic E-state index is 0.780. The van der Waals surface area contributed by atoms with Crippen molar-refractivity contribution in [2.45, 2.75) is 39.5 Å². The van der Waals surface area contributed by atoms with Gasteiger partial charge in [-0.3, -0.25) is 4.90 Å². The van der Waals surface area contributed by atoms with Gasteiger partial charge in [0.2, 0.25) is 0 Å². The molecule has 2 N–H and O–H groups in total. The highest BCUT2D eigenvalue weighted by atomic mass is 15.1. The van der Waals surface area contributed by atoms with E-state index in [0.717, 1.165) is 25.4 Å². The molecule has 0 saturated heterocycles. The molecule has 15 heavy (non-hydrogen) atoms. The Bertz CT molecular complexity index is 145. The molecule has 0 heterocycles. The van der Waals surface area contributed by atoms with Gasteiger partial charge in [-0.2, -0.15) is 0 Å². The van der Waals surface area contributed by atoms with Crippen LogP contribution in [0.3, 0.4) is 0 Å². The van der Waals surface area contributed by atoms with Gasteiger partial charge >= 0.3 is 0 Å². The molecule has 0 fully saturated rings. The lowest BCUT2D eigenvalue weighted by Crippen LogP contribution is -2.26. The van der Waals surface area contributed by atoms with Gasteiger partial charge in [-0.05, 0) is 51.2 Å². The number of hydrogen-bond acceptors (Lipinski definition) is 2. The van der Waals surface area contributed by atoms with E-state index in [1.807, 2.05) is 6.08 Å². The normalized spacial score (nSPS) is 13.1. The standard InChI is InChI=1S/C13H28N2/c1-4-10-15(11-5-2)12-6-7-13(3)8-9-14/h4,13H,1,5-12,14H2,2-3H3. The molecule has 0 aromatic carbocycles. The molecule has 0 rings (SSSR count). The van der Waals surface area contributed by atoms with E-state index < -0.39 is 0 Å². The van der Waals surface area contributed by atoms with Gasteiger partial charge in [0.05, 0.1) is 0 Å². The van der Waals surface area contributed by atoms with Crippen LogP contribution >= 0.6 is 0 Å². The topological polar surface area (TPSA) is 29.3 Å². The van der Waals surface area contributed by atoms with Crippen molar-refractivity contribution in [3.8, 4) is 0 Å². The first-order chi connectivity index (χ1) is 7.24.